The van der Waals surface area contributed by atoms with Gasteiger partial charge in [-0.1, -0.05) is 78.3 Å². The van der Waals surface area contributed by atoms with Crippen molar-refractivity contribution in [2.45, 2.75) is 137 Å². The summed E-state index contributed by atoms with van der Waals surface area (Å²) in [6.07, 6.45) is 16.8. The van der Waals surface area contributed by atoms with Gasteiger partial charge in [0.1, 0.15) is 5.78 Å². The third kappa shape index (κ3) is 6.55. The predicted octanol–water partition coefficient (Wildman–Crippen LogP) is 9.83. The second kappa shape index (κ2) is 11.4. The summed E-state index contributed by atoms with van der Waals surface area (Å²) in [6, 6.07) is 0. The van der Waals surface area contributed by atoms with E-state index >= 15 is 0 Å². The van der Waals surface area contributed by atoms with Crippen LogP contribution in [0.5, 0.6) is 0 Å². The fourth-order valence-corrected chi connectivity index (χ4v) is 8.54. The molecule has 0 aromatic rings. The summed E-state index contributed by atoms with van der Waals surface area (Å²) in [6.45, 7) is 25.2. The van der Waals surface area contributed by atoms with Gasteiger partial charge in [0.2, 0.25) is 0 Å². The molecule has 3 aliphatic rings. The Bertz CT molecular complexity index is 871. The van der Waals surface area contributed by atoms with E-state index in [0.29, 0.717) is 29.1 Å². The van der Waals surface area contributed by atoms with Gasteiger partial charge in [-0.05, 0) is 105 Å². The van der Waals surface area contributed by atoms with Gasteiger partial charge in [-0.3, -0.25) is 4.79 Å². The van der Waals surface area contributed by atoms with E-state index in [2.05, 4.69) is 66.4 Å². The molecular weight excluding hydrogens is 456 g/mol. The summed E-state index contributed by atoms with van der Waals surface area (Å²) in [5, 5.41) is 0.248. The average Bonchev–Trinajstić information content (AvgIpc) is 3.14. The normalized spacial score (nSPS) is 32.8. The summed E-state index contributed by atoms with van der Waals surface area (Å²) in [5.74, 6) is 2.67. The zero-order valence-electron chi connectivity index (χ0n) is 25.1. The van der Waals surface area contributed by atoms with Crippen LogP contribution in [0.2, 0.25) is 18.1 Å². The van der Waals surface area contributed by atoms with Gasteiger partial charge in [0.05, 0.1) is 0 Å². The maximum atomic E-state index is 12.3. The molecule has 0 aromatic heterocycles. The van der Waals surface area contributed by atoms with Gasteiger partial charge in [-0.15, -0.1) is 0 Å². The van der Waals surface area contributed by atoms with E-state index in [-0.39, 0.29) is 11.0 Å². The SMILES string of the molecule is C=C1CC[C@H](O[Si](C)(C)C(C)(C)C)CC1=CC=C1CCC[C@@]2(C)C1CC[C@@H]2[C@H](C)CCC(=O)C(C)C. The van der Waals surface area contributed by atoms with Gasteiger partial charge in [0.15, 0.2) is 8.32 Å². The van der Waals surface area contributed by atoms with E-state index in [1.54, 1.807) is 5.57 Å². The van der Waals surface area contributed by atoms with Gasteiger partial charge < -0.3 is 4.43 Å². The smallest absolute Gasteiger partial charge is 0.192 e. The lowest BCUT2D eigenvalue weighted by atomic mass is 9.60. The third-order valence-corrected chi connectivity index (χ3v) is 15.2. The van der Waals surface area contributed by atoms with Crippen LogP contribution in [-0.2, 0) is 9.22 Å². The summed E-state index contributed by atoms with van der Waals surface area (Å²) < 4.78 is 6.81. The van der Waals surface area contributed by atoms with E-state index in [1.165, 1.54) is 43.3 Å². The fourth-order valence-electron chi connectivity index (χ4n) is 7.15. The Morgan fingerprint density at radius 1 is 1.14 bits per heavy atom. The number of carbonyl (C=O) groups excluding carboxylic acids is 1. The van der Waals surface area contributed by atoms with Gasteiger partial charge in [-0.2, -0.15) is 0 Å². The van der Waals surface area contributed by atoms with Crippen molar-refractivity contribution < 1.29 is 9.22 Å². The number of hydrogen-bond donors (Lipinski definition) is 0. The Labute approximate surface area is 224 Å². The molecule has 0 N–H and O–H groups in total. The lowest BCUT2D eigenvalue weighted by Gasteiger charge is -2.44. The maximum Gasteiger partial charge on any atom is 0.192 e. The molecule has 0 amide bonds. The Balaban J connectivity index is 1.71. The second-order valence-electron chi connectivity index (χ2n) is 14.5. The van der Waals surface area contributed by atoms with Gasteiger partial charge in [-0.25, -0.2) is 0 Å². The van der Waals surface area contributed by atoms with Crippen molar-refractivity contribution in [2.24, 2.45) is 29.1 Å². The number of ketones is 1. The number of carbonyl (C=O) groups is 1. The van der Waals surface area contributed by atoms with Crippen LogP contribution in [-0.4, -0.2) is 20.2 Å². The molecule has 3 aliphatic carbocycles. The Kier molecular flexibility index (Phi) is 9.41. The Hall–Kier alpha value is -0.933. The minimum Gasteiger partial charge on any atom is -0.414 e. The van der Waals surface area contributed by atoms with Crippen molar-refractivity contribution in [3.63, 3.8) is 0 Å². The number of hydrogen-bond acceptors (Lipinski definition) is 2. The first-order valence-electron chi connectivity index (χ1n) is 14.9. The lowest BCUT2D eigenvalue weighted by molar-refractivity contribution is -0.122. The summed E-state index contributed by atoms with van der Waals surface area (Å²) in [5.41, 5.74) is 4.79. The van der Waals surface area contributed by atoms with Crippen LogP contribution < -0.4 is 0 Å². The van der Waals surface area contributed by atoms with Gasteiger partial charge >= 0.3 is 0 Å². The van der Waals surface area contributed by atoms with Gasteiger partial charge in [0, 0.05) is 18.4 Å². The monoisotopic (exact) mass is 512 g/mol. The minimum absolute atomic E-state index is 0.169. The van der Waals surface area contributed by atoms with Crippen LogP contribution in [0, 0.1) is 29.1 Å². The number of Topliss-reactive ketones (excluding diaryl/α,β-unsaturated/α-hetero) is 1. The highest BCUT2D eigenvalue weighted by molar-refractivity contribution is 6.74. The zero-order chi connectivity index (χ0) is 26.9. The van der Waals surface area contributed by atoms with E-state index in [1.807, 2.05) is 13.8 Å². The fraction of sp³-hybridized carbons (Fsp3) is 0.788. The molecule has 1 unspecified atom stereocenters. The van der Waals surface area contributed by atoms with Crippen LogP contribution in [0.4, 0.5) is 0 Å². The molecule has 0 heterocycles. The number of fused-ring (bicyclic) bond motifs is 1. The van der Waals surface area contributed by atoms with E-state index < -0.39 is 8.32 Å². The van der Waals surface area contributed by atoms with E-state index in [9.17, 15) is 4.79 Å². The highest BCUT2D eigenvalue weighted by atomic mass is 28.4. The Morgan fingerprint density at radius 3 is 2.47 bits per heavy atom. The minimum atomic E-state index is -1.76. The van der Waals surface area contributed by atoms with Crippen molar-refractivity contribution in [3.8, 4) is 0 Å². The first-order valence-corrected chi connectivity index (χ1v) is 17.8. The lowest BCUT2D eigenvalue weighted by Crippen LogP contribution is -2.44. The third-order valence-electron chi connectivity index (χ3n) is 10.7. The highest BCUT2D eigenvalue weighted by Crippen LogP contribution is 2.60. The molecule has 0 bridgehead atoms. The zero-order valence-corrected chi connectivity index (χ0v) is 26.1. The molecule has 3 saturated carbocycles. The second-order valence-corrected chi connectivity index (χ2v) is 19.3. The Morgan fingerprint density at radius 2 is 1.83 bits per heavy atom. The molecule has 2 nitrogen and oxygen atoms in total. The highest BCUT2D eigenvalue weighted by Gasteiger charge is 2.50. The molecule has 0 aliphatic heterocycles. The molecule has 0 spiro atoms. The van der Waals surface area contributed by atoms with Crippen LogP contribution in [0.15, 0.2) is 35.5 Å². The van der Waals surface area contributed by atoms with Crippen molar-refractivity contribution >= 4 is 14.1 Å². The first kappa shape index (κ1) is 29.6. The molecule has 204 valence electrons. The standard InChI is InChI=1S/C33H56O2Si/c1-23(2)31(34)20-14-25(4)29-18-19-30-26(12-11-21-33(29,30)8)15-16-27-22-28(17-13-24(27)3)35-36(9,10)32(5,6)7/h15-16,23,25,28-30H,3,11-14,17-22H2,1-2,4-10H3/t25-,28+,29-,30?,33-/m1/s1. The van der Waals surface area contributed by atoms with Crippen molar-refractivity contribution in [3.05, 3.63) is 35.5 Å². The molecule has 3 fully saturated rings. The maximum absolute atomic E-state index is 12.3. The molecule has 3 rings (SSSR count). The predicted molar refractivity (Wildman–Crippen MR) is 158 cm³/mol. The largest absolute Gasteiger partial charge is 0.414 e. The molecule has 5 atom stereocenters. The summed E-state index contributed by atoms with van der Waals surface area (Å²) in [4.78, 5) is 12.3. The van der Waals surface area contributed by atoms with Crippen LogP contribution in [0.3, 0.4) is 0 Å². The molecular formula is C33H56O2Si. The van der Waals surface area contributed by atoms with E-state index in [4.69, 9.17) is 4.43 Å². The molecule has 3 heteroatoms. The quantitative estimate of drug-likeness (QED) is 0.302. The van der Waals surface area contributed by atoms with Crippen LogP contribution in [0.1, 0.15) is 113 Å². The first-order chi connectivity index (χ1) is 16.7. The summed E-state index contributed by atoms with van der Waals surface area (Å²) in [7, 11) is -1.76. The van der Waals surface area contributed by atoms with Gasteiger partial charge in [0.25, 0.3) is 0 Å². The van der Waals surface area contributed by atoms with E-state index in [0.717, 1.165) is 38.0 Å². The van der Waals surface area contributed by atoms with Crippen molar-refractivity contribution in [2.75, 3.05) is 0 Å². The molecule has 0 radical (unpaired) electrons. The van der Waals surface area contributed by atoms with Crippen molar-refractivity contribution in [1.82, 2.24) is 0 Å². The van der Waals surface area contributed by atoms with Crippen molar-refractivity contribution in [1.29, 1.82) is 0 Å². The van der Waals surface area contributed by atoms with Crippen LogP contribution >= 0.6 is 0 Å². The van der Waals surface area contributed by atoms with Crippen LogP contribution in [0.25, 0.3) is 0 Å². The molecule has 0 saturated heterocycles. The molecule has 0 aromatic carbocycles. The summed E-state index contributed by atoms with van der Waals surface area (Å²) >= 11 is 0. The number of allylic oxidation sites excluding steroid dienone is 4. The average molecular weight is 513 g/mol. The number of rotatable bonds is 8. The molecule has 36 heavy (non-hydrogen) atoms. The topological polar surface area (TPSA) is 26.3 Å².